The molecule has 17 heavy (non-hydrogen) atoms. The summed E-state index contributed by atoms with van der Waals surface area (Å²) in [5, 5.41) is 7.51. The second-order valence-electron chi connectivity index (χ2n) is 5.10. The van der Waals surface area contributed by atoms with Crippen LogP contribution in [0.1, 0.15) is 32.0 Å². The Morgan fingerprint density at radius 3 is 3.00 bits per heavy atom. The summed E-state index contributed by atoms with van der Waals surface area (Å²) in [7, 11) is 0. The Labute approximate surface area is 103 Å². The molecule has 0 spiro atoms. The maximum atomic E-state index is 4.97. The van der Waals surface area contributed by atoms with Crippen molar-refractivity contribution in [1.82, 2.24) is 20.4 Å². The van der Waals surface area contributed by atoms with Crippen LogP contribution < -0.4 is 5.32 Å². The molecule has 1 atom stereocenters. The lowest BCUT2D eigenvalue weighted by molar-refractivity contribution is 0.140. The van der Waals surface area contributed by atoms with Crippen LogP contribution in [0, 0.1) is 6.92 Å². The number of rotatable bonds is 4. The average Bonchev–Trinajstić information content (AvgIpc) is 2.73. The minimum Gasteiger partial charge on any atom is -0.340 e. The molecule has 1 aromatic heterocycles. The highest BCUT2D eigenvalue weighted by Crippen LogP contribution is 2.15. The van der Waals surface area contributed by atoms with Crippen molar-refractivity contribution in [1.29, 1.82) is 0 Å². The van der Waals surface area contributed by atoms with Gasteiger partial charge in [-0.2, -0.15) is 4.98 Å². The molecule has 96 valence electrons. The van der Waals surface area contributed by atoms with Crippen LogP contribution in [-0.4, -0.2) is 46.8 Å². The van der Waals surface area contributed by atoms with E-state index in [1.807, 2.05) is 6.92 Å². The molecule has 0 radical (unpaired) electrons. The van der Waals surface area contributed by atoms with Crippen molar-refractivity contribution < 1.29 is 4.52 Å². The van der Waals surface area contributed by atoms with E-state index in [2.05, 4.69) is 34.2 Å². The molecular formula is C12H22N4O. The van der Waals surface area contributed by atoms with Crippen LogP contribution in [0.4, 0.5) is 0 Å². The van der Waals surface area contributed by atoms with Crippen LogP contribution in [0.15, 0.2) is 4.52 Å². The summed E-state index contributed by atoms with van der Waals surface area (Å²) in [6.07, 6.45) is 2.03. The Hall–Kier alpha value is -0.940. The quantitative estimate of drug-likeness (QED) is 0.848. The normalized spacial score (nSPS) is 26.3. The molecule has 0 bridgehead atoms. The third-order valence-electron chi connectivity index (χ3n) is 3.55. The fourth-order valence-electron chi connectivity index (χ4n) is 2.27. The number of piperazine rings is 1. The summed E-state index contributed by atoms with van der Waals surface area (Å²) in [5.74, 6) is 1.47. The van der Waals surface area contributed by atoms with Crippen LogP contribution in [-0.2, 0) is 6.42 Å². The highest BCUT2D eigenvalue weighted by molar-refractivity contribution is 4.91. The number of hydrogen-bond donors (Lipinski definition) is 1. The predicted octanol–water partition coefficient (Wildman–Crippen LogP) is 0.994. The topological polar surface area (TPSA) is 54.2 Å². The summed E-state index contributed by atoms with van der Waals surface area (Å²) >= 11 is 0. The molecule has 1 fully saturated rings. The van der Waals surface area contributed by atoms with Gasteiger partial charge in [-0.3, -0.25) is 4.90 Å². The van der Waals surface area contributed by atoms with Crippen molar-refractivity contribution >= 4 is 0 Å². The average molecular weight is 238 g/mol. The van der Waals surface area contributed by atoms with Crippen molar-refractivity contribution in [2.24, 2.45) is 0 Å². The number of nitrogens with one attached hydrogen (secondary N) is 1. The Kier molecular flexibility index (Phi) is 3.79. The van der Waals surface area contributed by atoms with Crippen LogP contribution in [0.3, 0.4) is 0 Å². The Morgan fingerprint density at radius 2 is 2.35 bits per heavy atom. The summed E-state index contributed by atoms with van der Waals surface area (Å²) in [4.78, 5) is 6.71. The van der Waals surface area contributed by atoms with Gasteiger partial charge in [-0.05, 0) is 13.3 Å². The zero-order chi connectivity index (χ0) is 12.3. The maximum Gasteiger partial charge on any atom is 0.223 e. The van der Waals surface area contributed by atoms with E-state index in [0.29, 0.717) is 5.89 Å². The first kappa shape index (κ1) is 12.5. The van der Waals surface area contributed by atoms with E-state index in [-0.39, 0.29) is 5.54 Å². The molecule has 1 N–H and O–H groups in total. The smallest absolute Gasteiger partial charge is 0.223 e. The standard InChI is InChI=1S/C12H22N4O/c1-4-12(3)9-16(8-6-13-12)7-5-11-14-10(2)17-15-11/h13H,4-9H2,1-3H3. The van der Waals surface area contributed by atoms with Crippen molar-refractivity contribution in [3.63, 3.8) is 0 Å². The largest absolute Gasteiger partial charge is 0.340 e. The van der Waals surface area contributed by atoms with E-state index in [1.165, 1.54) is 0 Å². The van der Waals surface area contributed by atoms with E-state index in [0.717, 1.165) is 44.8 Å². The zero-order valence-electron chi connectivity index (χ0n) is 11.0. The molecule has 1 aromatic rings. The lowest BCUT2D eigenvalue weighted by atomic mass is 9.96. The van der Waals surface area contributed by atoms with E-state index in [1.54, 1.807) is 0 Å². The van der Waals surface area contributed by atoms with Gasteiger partial charge in [-0.15, -0.1) is 0 Å². The van der Waals surface area contributed by atoms with Crippen LogP contribution >= 0.6 is 0 Å². The third kappa shape index (κ3) is 3.26. The second-order valence-corrected chi connectivity index (χ2v) is 5.10. The molecule has 5 heteroatoms. The monoisotopic (exact) mass is 238 g/mol. The first-order valence-electron chi connectivity index (χ1n) is 6.38. The Balaban J connectivity index is 1.83. The first-order valence-corrected chi connectivity index (χ1v) is 6.38. The Morgan fingerprint density at radius 1 is 1.53 bits per heavy atom. The molecule has 1 unspecified atom stereocenters. The van der Waals surface area contributed by atoms with E-state index >= 15 is 0 Å². The summed E-state index contributed by atoms with van der Waals surface area (Å²) in [6, 6.07) is 0. The van der Waals surface area contributed by atoms with Gasteiger partial charge in [0.15, 0.2) is 5.82 Å². The van der Waals surface area contributed by atoms with E-state index < -0.39 is 0 Å². The molecule has 5 nitrogen and oxygen atoms in total. The van der Waals surface area contributed by atoms with Gasteiger partial charge < -0.3 is 9.84 Å². The fourth-order valence-corrected chi connectivity index (χ4v) is 2.27. The number of aryl methyl sites for hydroxylation is 1. The predicted molar refractivity (Wildman–Crippen MR) is 65.9 cm³/mol. The number of hydrogen-bond acceptors (Lipinski definition) is 5. The first-order chi connectivity index (χ1) is 8.11. The maximum absolute atomic E-state index is 4.97. The van der Waals surface area contributed by atoms with Gasteiger partial charge in [0.2, 0.25) is 5.89 Å². The molecule has 0 saturated carbocycles. The molecule has 0 aromatic carbocycles. The minimum atomic E-state index is 0.255. The molecular weight excluding hydrogens is 216 g/mol. The highest BCUT2D eigenvalue weighted by Gasteiger charge is 2.28. The molecule has 0 aliphatic carbocycles. The van der Waals surface area contributed by atoms with Crippen molar-refractivity contribution in [3.05, 3.63) is 11.7 Å². The minimum absolute atomic E-state index is 0.255. The van der Waals surface area contributed by atoms with Crippen LogP contribution in [0.2, 0.25) is 0 Å². The summed E-state index contributed by atoms with van der Waals surface area (Å²) in [5.41, 5.74) is 0.255. The van der Waals surface area contributed by atoms with Crippen molar-refractivity contribution in [3.8, 4) is 0 Å². The van der Waals surface area contributed by atoms with Crippen LogP contribution in [0.25, 0.3) is 0 Å². The number of nitrogens with zero attached hydrogens (tertiary/aromatic N) is 3. The van der Waals surface area contributed by atoms with Crippen molar-refractivity contribution in [2.45, 2.75) is 39.2 Å². The lowest BCUT2D eigenvalue weighted by Crippen LogP contribution is -2.58. The summed E-state index contributed by atoms with van der Waals surface area (Å²) in [6.45, 7) is 10.6. The van der Waals surface area contributed by atoms with E-state index in [9.17, 15) is 0 Å². The molecule has 1 saturated heterocycles. The molecule has 1 aliphatic heterocycles. The van der Waals surface area contributed by atoms with Gasteiger partial charge in [0, 0.05) is 45.1 Å². The second kappa shape index (κ2) is 5.14. The van der Waals surface area contributed by atoms with Crippen LogP contribution in [0.5, 0.6) is 0 Å². The van der Waals surface area contributed by atoms with Crippen molar-refractivity contribution in [2.75, 3.05) is 26.2 Å². The van der Waals surface area contributed by atoms with Gasteiger partial charge >= 0.3 is 0 Å². The molecule has 1 aliphatic rings. The third-order valence-corrected chi connectivity index (χ3v) is 3.55. The fraction of sp³-hybridized carbons (Fsp3) is 0.833. The Bertz CT molecular complexity index is 365. The van der Waals surface area contributed by atoms with Gasteiger partial charge in [-0.25, -0.2) is 0 Å². The van der Waals surface area contributed by atoms with Gasteiger partial charge in [0.25, 0.3) is 0 Å². The highest BCUT2D eigenvalue weighted by atomic mass is 16.5. The number of aromatic nitrogens is 2. The molecule has 2 heterocycles. The van der Waals surface area contributed by atoms with Gasteiger partial charge in [-0.1, -0.05) is 12.1 Å². The van der Waals surface area contributed by atoms with Gasteiger partial charge in [0.05, 0.1) is 0 Å². The molecule has 0 amide bonds. The SMILES string of the molecule is CCC1(C)CN(CCc2noc(C)n2)CCN1. The van der Waals surface area contributed by atoms with Gasteiger partial charge in [0.1, 0.15) is 0 Å². The van der Waals surface area contributed by atoms with E-state index in [4.69, 9.17) is 4.52 Å². The summed E-state index contributed by atoms with van der Waals surface area (Å²) < 4.78 is 4.97. The zero-order valence-corrected chi connectivity index (χ0v) is 11.0. The molecule has 2 rings (SSSR count). The lowest BCUT2D eigenvalue weighted by Gasteiger charge is -2.41.